The summed E-state index contributed by atoms with van der Waals surface area (Å²) >= 11 is 0. The molecular weight excluding hydrogens is 236 g/mol. The molecule has 2 aromatic rings. The molecular formula is C16H24N2O. The summed E-state index contributed by atoms with van der Waals surface area (Å²) < 4.78 is 7.93. The Hall–Kier alpha value is -1.48. The van der Waals surface area contributed by atoms with Gasteiger partial charge in [-0.25, -0.2) is 0 Å². The van der Waals surface area contributed by atoms with Gasteiger partial charge in [-0.1, -0.05) is 12.1 Å². The molecule has 3 nitrogen and oxygen atoms in total. The first-order valence-corrected chi connectivity index (χ1v) is 7.00. The Bertz CT molecular complexity index is 543. The Balaban J connectivity index is 2.48. The van der Waals surface area contributed by atoms with Crippen molar-refractivity contribution in [2.24, 2.45) is 0 Å². The van der Waals surface area contributed by atoms with Gasteiger partial charge in [0, 0.05) is 17.1 Å². The minimum atomic E-state index is 0.443. The summed E-state index contributed by atoms with van der Waals surface area (Å²) in [6.45, 7) is 5.51. The molecule has 3 heteroatoms. The number of hydrogen-bond acceptors (Lipinski definition) is 2. The molecule has 1 aromatic carbocycles. The van der Waals surface area contributed by atoms with Gasteiger partial charge in [-0.3, -0.25) is 0 Å². The van der Waals surface area contributed by atoms with E-state index in [1.165, 1.54) is 16.6 Å². The van der Waals surface area contributed by atoms with E-state index in [-0.39, 0.29) is 0 Å². The number of nitrogens with zero attached hydrogens (tertiary/aromatic N) is 1. The molecule has 0 radical (unpaired) electrons. The van der Waals surface area contributed by atoms with E-state index in [2.05, 4.69) is 41.9 Å². The maximum Gasteiger partial charge on any atom is 0.143 e. The third kappa shape index (κ3) is 2.76. The number of methoxy groups -OCH3 is 1. The number of nitrogens with one attached hydrogen (secondary N) is 1. The van der Waals surface area contributed by atoms with Gasteiger partial charge < -0.3 is 14.6 Å². The highest BCUT2D eigenvalue weighted by Gasteiger charge is 2.14. The molecule has 0 aliphatic carbocycles. The van der Waals surface area contributed by atoms with Gasteiger partial charge >= 0.3 is 0 Å². The number of aromatic nitrogens is 1. The first kappa shape index (κ1) is 13.9. The molecule has 0 bridgehead atoms. The number of ether oxygens (including phenoxy) is 1. The highest BCUT2D eigenvalue weighted by atomic mass is 16.5. The number of fused-ring (bicyclic) bond motifs is 1. The second-order valence-electron chi connectivity index (χ2n) is 5.20. The second-order valence-corrected chi connectivity index (χ2v) is 5.20. The zero-order valence-corrected chi connectivity index (χ0v) is 12.4. The second kappa shape index (κ2) is 6.11. The standard InChI is InChI=1S/C16H24N2O/c1-12(2)18-14(8-6-10-17-3)11-13-7-5-9-15(19-4)16(13)18/h5,7,9,11-12,17H,6,8,10H2,1-4H3. The first-order chi connectivity index (χ1) is 9.19. The Morgan fingerprint density at radius 3 is 2.74 bits per heavy atom. The van der Waals surface area contributed by atoms with Gasteiger partial charge in [0.05, 0.1) is 12.6 Å². The van der Waals surface area contributed by atoms with Crippen molar-refractivity contribution in [1.29, 1.82) is 0 Å². The molecule has 0 aliphatic rings. The van der Waals surface area contributed by atoms with Crippen LogP contribution < -0.4 is 10.1 Å². The lowest BCUT2D eigenvalue weighted by molar-refractivity contribution is 0.415. The van der Waals surface area contributed by atoms with Crippen molar-refractivity contribution >= 4 is 10.9 Å². The van der Waals surface area contributed by atoms with Crippen LogP contribution in [0.2, 0.25) is 0 Å². The van der Waals surface area contributed by atoms with Crippen LogP contribution in [-0.4, -0.2) is 25.3 Å². The van der Waals surface area contributed by atoms with Crippen LogP contribution in [0.25, 0.3) is 10.9 Å². The van der Waals surface area contributed by atoms with Gasteiger partial charge in [0.2, 0.25) is 0 Å². The van der Waals surface area contributed by atoms with Crippen molar-refractivity contribution < 1.29 is 4.74 Å². The van der Waals surface area contributed by atoms with E-state index in [0.29, 0.717) is 6.04 Å². The van der Waals surface area contributed by atoms with E-state index >= 15 is 0 Å². The smallest absolute Gasteiger partial charge is 0.143 e. The quantitative estimate of drug-likeness (QED) is 0.806. The van der Waals surface area contributed by atoms with Crippen LogP contribution in [0.4, 0.5) is 0 Å². The number of rotatable bonds is 6. The average Bonchev–Trinajstić information content (AvgIpc) is 2.77. The van der Waals surface area contributed by atoms with Crippen LogP contribution in [0.15, 0.2) is 24.3 Å². The number of benzene rings is 1. The van der Waals surface area contributed by atoms with Gasteiger partial charge in [0.15, 0.2) is 0 Å². The number of hydrogen-bond donors (Lipinski definition) is 1. The van der Waals surface area contributed by atoms with Crippen LogP contribution in [0.3, 0.4) is 0 Å². The Kier molecular flexibility index (Phi) is 4.48. The predicted molar refractivity (Wildman–Crippen MR) is 81.1 cm³/mol. The normalized spacial score (nSPS) is 11.4. The Morgan fingerprint density at radius 2 is 2.11 bits per heavy atom. The highest BCUT2D eigenvalue weighted by molar-refractivity contribution is 5.87. The molecule has 0 fully saturated rings. The van der Waals surface area contributed by atoms with Crippen molar-refractivity contribution in [2.45, 2.75) is 32.7 Å². The maximum absolute atomic E-state index is 5.52. The third-order valence-corrected chi connectivity index (χ3v) is 3.50. The van der Waals surface area contributed by atoms with Crippen LogP contribution in [0.5, 0.6) is 5.75 Å². The molecule has 104 valence electrons. The van der Waals surface area contributed by atoms with E-state index in [9.17, 15) is 0 Å². The molecule has 0 amide bonds. The lowest BCUT2D eigenvalue weighted by Gasteiger charge is -2.16. The molecule has 0 saturated heterocycles. The van der Waals surface area contributed by atoms with Crippen LogP contribution in [0.1, 0.15) is 32.0 Å². The summed E-state index contributed by atoms with van der Waals surface area (Å²) in [5, 5.41) is 4.48. The molecule has 0 unspecified atom stereocenters. The maximum atomic E-state index is 5.52. The van der Waals surface area contributed by atoms with Crippen molar-refractivity contribution in [1.82, 2.24) is 9.88 Å². The minimum absolute atomic E-state index is 0.443. The van der Waals surface area contributed by atoms with Crippen LogP contribution >= 0.6 is 0 Å². The molecule has 19 heavy (non-hydrogen) atoms. The summed E-state index contributed by atoms with van der Waals surface area (Å²) in [7, 11) is 3.74. The fourth-order valence-electron chi connectivity index (χ4n) is 2.70. The van der Waals surface area contributed by atoms with Gasteiger partial charge in [0.25, 0.3) is 0 Å². The van der Waals surface area contributed by atoms with Crippen molar-refractivity contribution in [2.75, 3.05) is 20.7 Å². The van der Waals surface area contributed by atoms with Crippen LogP contribution in [-0.2, 0) is 6.42 Å². The lowest BCUT2D eigenvalue weighted by Crippen LogP contribution is -2.11. The van der Waals surface area contributed by atoms with E-state index in [4.69, 9.17) is 4.74 Å². The van der Waals surface area contributed by atoms with Gasteiger partial charge in [0.1, 0.15) is 5.75 Å². The number of aryl methyl sites for hydroxylation is 1. The summed E-state index contributed by atoms with van der Waals surface area (Å²) in [5.74, 6) is 0.964. The van der Waals surface area contributed by atoms with Crippen LogP contribution in [0, 0.1) is 0 Å². The van der Waals surface area contributed by atoms with Crippen molar-refractivity contribution in [3.05, 3.63) is 30.0 Å². The molecule has 2 rings (SSSR count). The molecule has 0 atom stereocenters. The summed E-state index contributed by atoms with van der Waals surface area (Å²) in [6, 6.07) is 9.01. The first-order valence-electron chi connectivity index (χ1n) is 7.00. The molecule has 1 N–H and O–H groups in total. The molecule has 1 heterocycles. The molecule has 0 spiro atoms. The molecule has 1 aromatic heterocycles. The largest absolute Gasteiger partial charge is 0.495 e. The Morgan fingerprint density at radius 1 is 1.32 bits per heavy atom. The van der Waals surface area contributed by atoms with Crippen molar-refractivity contribution in [3.63, 3.8) is 0 Å². The fourth-order valence-corrected chi connectivity index (χ4v) is 2.70. The van der Waals surface area contributed by atoms with E-state index in [1.807, 2.05) is 13.1 Å². The van der Waals surface area contributed by atoms with E-state index in [0.717, 1.165) is 25.1 Å². The molecule has 0 saturated carbocycles. The van der Waals surface area contributed by atoms with E-state index < -0.39 is 0 Å². The average molecular weight is 260 g/mol. The summed E-state index contributed by atoms with van der Waals surface area (Å²) in [5.41, 5.74) is 2.62. The summed E-state index contributed by atoms with van der Waals surface area (Å²) in [6.07, 6.45) is 2.25. The molecule has 0 aliphatic heterocycles. The number of para-hydroxylation sites is 1. The SMILES string of the molecule is CNCCCc1cc2cccc(OC)c2n1C(C)C. The monoisotopic (exact) mass is 260 g/mol. The lowest BCUT2D eigenvalue weighted by atomic mass is 10.2. The van der Waals surface area contributed by atoms with Gasteiger partial charge in [-0.05, 0) is 52.4 Å². The Labute approximate surface area is 115 Å². The predicted octanol–water partition coefficient (Wildman–Crippen LogP) is 3.38. The zero-order valence-electron chi connectivity index (χ0n) is 12.4. The van der Waals surface area contributed by atoms with Crippen molar-refractivity contribution in [3.8, 4) is 5.75 Å². The van der Waals surface area contributed by atoms with Gasteiger partial charge in [-0.2, -0.15) is 0 Å². The third-order valence-electron chi connectivity index (χ3n) is 3.50. The summed E-state index contributed by atoms with van der Waals surface area (Å²) in [4.78, 5) is 0. The zero-order chi connectivity index (χ0) is 13.8. The minimum Gasteiger partial charge on any atom is -0.495 e. The van der Waals surface area contributed by atoms with E-state index in [1.54, 1.807) is 7.11 Å². The van der Waals surface area contributed by atoms with Gasteiger partial charge in [-0.15, -0.1) is 0 Å². The topological polar surface area (TPSA) is 26.2 Å². The highest BCUT2D eigenvalue weighted by Crippen LogP contribution is 2.32. The fraction of sp³-hybridized carbons (Fsp3) is 0.500.